The van der Waals surface area contributed by atoms with Gasteiger partial charge in [-0.05, 0) is 53.6 Å². The number of hydrogen-bond acceptors (Lipinski definition) is 4. The normalized spacial score (nSPS) is 11.0. The van der Waals surface area contributed by atoms with Crippen molar-refractivity contribution >= 4 is 11.8 Å². The maximum atomic E-state index is 5.80. The zero-order chi connectivity index (χ0) is 21.0. The summed E-state index contributed by atoms with van der Waals surface area (Å²) in [5.41, 5.74) is 5.41. The Balaban J connectivity index is 1.53. The first-order valence-electron chi connectivity index (χ1n) is 10.6. The third-order valence-electron chi connectivity index (χ3n) is 4.98. The first-order chi connectivity index (χ1) is 14.7. The van der Waals surface area contributed by atoms with Crippen LogP contribution in [0.15, 0.2) is 78.9 Å². The van der Waals surface area contributed by atoms with Crippen LogP contribution in [0.1, 0.15) is 24.0 Å². The quantitative estimate of drug-likeness (QED) is 0.228. The molecule has 3 rings (SSSR count). The number of nitrogens with zero attached hydrogens (tertiary/aromatic N) is 1. The molecule has 2 N–H and O–H groups in total. The third-order valence-corrected chi connectivity index (χ3v) is 5.95. The fraction of sp³-hybridized carbons (Fsp3) is 0.308. The van der Waals surface area contributed by atoms with Crippen molar-refractivity contribution in [2.75, 3.05) is 26.0 Å². The Morgan fingerprint density at radius 2 is 1.70 bits per heavy atom. The van der Waals surface area contributed by atoms with Crippen molar-refractivity contribution in [1.82, 2.24) is 5.01 Å². The summed E-state index contributed by atoms with van der Waals surface area (Å²) < 4.78 is 5.80. The highest BCUT2D eigenvalue weighted by atomic mass is 32.2. The van der Waals surface area contributed by atoms with Gasteiger partial charge in [0.25, 0.3) is 0 Å². The summed E-state index contributed by atoms with van der Waals surface area (Å²) in [4.78, 5) is 0. The van der Waals surface area contributed by atoms with Gasteiger partial charge in [0.1, 0.15) is 5.75 Å². The van der Waals surface area contributed by atoms with E-state index in [9.17, 15) is 0 Å². The van der Waals surface area contributed by atoms with Crippen LogP contribution in [0.4, 0.5) is 0 Å². The van der Waals surface area contributed by atoms with Crippen LogP contribution in [-0.2, 0) is 12.2 Å². The molecule has 0 amide bonds. The smallest absolute Gasteiger partial charge is 0.119 e. The SMILES string of the molecule is CN(N)CCCCc1cccc(-c2ccccc2CSCCOc2ccccc2)c1. The van der Waals surface area contributed by atoms with Crippen molar-refractivity contribution < 1.29 is 4.74 Å². The van der Waals surface area contributed by atoms with Crippen molar-refractivity contribution in [2.24, 2.45) is 5.84 Å². The molecule has 0 saturated carbocycles. The van der Waals surface area contributed by atoms with Gasteiger partial charge >= 0.3 is 0 Å². The van der Waals surface area contributed by atoms with E-state index >= 15 is 0 Å². The molecule has 0 radical (unpaired) electrons. The van der Waals surface area contributed by atoms with E-state index < -0.39 is 0 Å². The second-order valence-corrected chi connectivity index (χ2v) is 8.61. The van der Waals surface area contributed by atoms with Crippen LogP contribution in [-0.4, -0.2) is 31.0 Å². The van der Waals surface area contributed by atoms with Gasteiger partial charge in [0.15, 0.2) is 0 Å². The van der Waals surface area contributed by atoms with Crippen LogP contribution < -0.4 is 10.6 Å². The molecule has 158 valence electrons. The van der Waals surface area contributed by atoms with E-state index in [0.717, 1.165) is 49.7 Å². The summed E-state index contributed by atoms with van der Waals surface area (Å²) in [6.07, 6.45) is 3.37. The van der Waals surface area contributed by atoms with Gasteiger partial charge in [-0.2, -0.15) is 11.8 Å². The molecule has 3 nitrogen and oxygen atoms in total. The monoisotopic (exact) mass is 420 g/mol. The van der Waals surface area contributed by atoms with Gasteiger partial charge < -0.3 is 4.74 Å². The van der Waals surface area contributed by atoms with Crippen molar-refractivity contribution in [1.29, 1.82) is 0 Å². The number of para-hydroxylation sites is 1. The fourth-order valence-corrected chi connectivity index (χ4v) is 4.25. The average molecular weight is 421 g/mol. The van der Waals surface area contributed by atoms with Crippen LogP contribution in [0.2, 0.25) is 0 Å². The van der Waals surface area contributed by atoms with E-state index in [2.05, 4.69) is 48.5 Å². The van der Waals surface area contributed by atoms with Gasteiger partial charge in [0.2, 0.25) is 0 Å². The van der Waals surface area contributed by atoms with E-state index in [1.807, 2.05) is 49.1 Å². The van der Waals surface area contributed by atoms with Crippen molar-refractivity contribution in [3.05, 3.63) is 90.0 Å². The molecule has 0 spiro atoms. The lowest BCUT2D eigenvalue weighted by Crippen LogP contribution is -2.26. The first kappa shape index (κ1) is 22.4. The van der Waals surface area contributed by atoms with E-state index in [1.54, 1.807) is 5.01 Å². The largest absolute Gasteiger partial charge is 0.493 e. The minimum atomic E-state index is 0.727. The van der Waals surface area contributed by atoms with Crippen molar-refractivity contribution in [2.45, 2.75) is 25.0 Å². The Bertz CT molecular complexity index is 883. The van der Waals surface area contributed by atoms with Crippen LogP contribution in [0, 0.1) is 0 Å². The summed E-state index contributed by atoms with van der Waals surface area (Å²) in [5, 5.41) is 1.76. The Hall–Kier alpha value is -2.27. The maximum absolute atomic E-state index is 5.80. The molecule has 3 aromatic carbocycles. The summed E-state index contributed by atoms with van der Waals surface area (Å²) in [7, 11) is 1.92. The van der Waals surface area contributed by atoms with Crippen LogP contribution >= 0.6 is 11.8 Å². The Morgan fingerprint density at radius 1 is 0.900 bits per heavy atom. The second-order valence-electron chi connectivity index (χ2n) is 7.51. The molecule has 4 heteroatoms. The molecular weight excluding hydrogens is 388 g/mol. The Labute approximate surface area is 185 Å². The number of thioether (sulfide) groups is 1. The number of nitrogens with two attached hydrogens (primary N) is 1. The lowest BCUT2D eigenvalue weighted by molar-refractivity contribution is 0.339. The van der Waals surface area contributed by atoms with Crippen LogP contribution in [0.25, 0.3) is 11.1 Å². The predicted octanol–water partition coefficient (Wildman–Crippen LogP) is 5.79. The van der Waals surface area contributed by atoms with Gasteiger partial charge in [-0.25, -0.2) is 0 Å². The maximum Gasteiger partial charge on any atom is 0.119 e. The minimum Gasteiger partial charge on any atom is -0.493 e. The molecule has 0 atom stereocenters. The topological polar surface area (TPSA) is 38.5 Å². The molecule has 0 unspecified atom stereocenters. The Kier molecular flexibility index (Phi) is 9.29. The molecule has 0 bridgehead atoms. The van der Waals surface area contributed by atoms with Gasteiger partial charge in [-0.15, -0.1) is 0 Å². The molecule has 0 aliphatic rings. The standard InChI is InChI=1S/C26H32N2OS/c1-28(27)17-8-7-10-22-11-9-13-23(20-22)26-16-6-5-12-24(26)21-30-19-18-29-25-14-3-2-4-15-25/h2-6,9,11-16,20H,7-8,10,17-19,21,27H2,1H3. The average Bonchev–Trinajstić information content (AvgIpc) is 2.78. The molecule has 0 saturated heterocycles. The van der Waals surface area contributed by atoms with Crippen LogP contribution in [0.3, 0.4) is 0 Å². The summed E-state index contributed by atoms with van der Waals surface area (Å²) in [6.45, 7) is 1.66. The zero-order valence-electron chi connectivity index (χ0n) is 17.8. The predicted molar refractivity (Wildman–Crippen MR) is 130 cm³/mol. The molecule has 0 fully saturated rings. The number of rotatable bonds is 12. The number of benzene rings is 3. The van der Waals surface area contributed by atoms with E-state index in [1.165, 1.54) is 22.3 Å². The molecule has 0 aliphatic carbocycles. The van der Waals surface area contributed by atoms with Gasteiger partial charge in [0.05, 0.1) is 6.61 Å². The highest BCUT2D eigenvalue weighted by molar-refractivity contribution is 7.98. The number of ether oxygens (including phenoxy) is 1. The van der Waals surface area contributed by atoms with Crippen molar-refractivity contribution in [3.8, 4) is 16.9 Å². The lowest BCUT2D eigenvalue weighted by atomic mass is 9.97. The van der Waals surface area contributed by atoms with Gasteiger partial charge in [-0.1, -0.05) is 66.7 Å². The second kappa shape index (κ2) is 12.4. The molecule has 0 aliphatic heterocycles. The highest BCUT2D eigenvalue weighted by Gasteiger charge is 2.06. The molecule has 3 aromatic rings. The van der Waals surface area contributed by atoms with Crippen LogP contribution in [0.5, 0.6) is 5.75 Å². The number of unbranched alkanes of at least 4 members (excludes halogenated alkanes) is 1. The zero-order valence-corrected chi connectivity index (χ0v) is 18.6. The molecule has 0 aromatic heterocycles. The minimum absolute atomic E-state index is 0.727. The Morgan fingerprint density at radius 3 is 2.53 bits per heavy atom. The van der Waals surface area contributed by atoms with Gasteiger partial charge in [-0.3, -0.25) is 10.9 Å². The number of aryl methyl sites for hydroxylation is 1. The van der Waals surface area contributed by atoms with Gasteiger partial charge in [0, 0.05) is 25.1 Å². The summed E-state index contributed by atoms with van der Waals surface area (Å²) >= 11 is 1.92. The van der Waals surface area contributed by atoms with E-state index in [-0.39, 0.29) is 0 Å². The number of hydrogen-bond donors (Lipinski definition) is 1. The van der Waals surface area contributed by atoms with Crippen molar-refractivity contribution in [3.63, 3.8) is 0 Å². The van der Waals surface area contributed by atoms with E-state index in [0.29, 0.717) is 0 Å². The third kappa shape index (κ3) is 7.52. The molecule has 0 heterocycles. The first-order valence-corrected chi connectivity index (χ1v) is 11.8. The highest BCUT2D eigenvalue weighted by Crippen LogP contribution is 2.28. The summed E-state index contributed by atoms with van der Waals surface area (Å²) in [6, 6.07) is 27.7. The number of hydrazine groups is 1. The van der Waals surface area contributed by atoms with E-state index in [4.69, 9.17) is 10.6 Å². The molecular formula is C26H32N2OS. The fourth-order valence-electron chi connectivity index (χ4n) is 3.43. The summed E-state index contributed by atoms with van der Waals surface area (Å²) in [5.74, 6) is 8.60. The molecule has 30 heavy (non-hydrogen) atoms. The lowest BCUT2D eigenvalue weighted by Gasteiger charge is -2.12.